The number of halogens is 1. The van der Waals surface area contributed by atoms with Gasteiger partial charge in [0.1, 0.15) is 10.7 Å². The summed E-state index contributed by atoms with van der Waals surface area (Å²) < 4.78 is 31.1. The van der Waals surface area contributed by atoms with Gasteiger partial charge < -0.3 is 4.74 Å². The summed E-state index contributed by atoms with van der Waals surface area (Å²) in [6, 6.07) is 6.68. The highest BCUT2D eigenvalue weighted by atomic mass is 79.9. The SMILES string of the molecule is CC(Br)C(=O)OCCCN=C1NS(=O)(=O)c2ccccc21. The molecule has 0 aromatic heterocycles. The number of aliphatic imine (C=N–C) groups is 1. The maximum atomic E-state index is 11.9. The Balaban J connectivity index is 1.94. The molecule has 0 bridgehead atoms. The van der Waals surface area contributed by atoms with Crippen molar-refractivity contribution in [1.82, 2.24) is 4.72 Å². The number of benzene rings is 1. The number of esters is 1. The van der Waals surface area contributed by atoms with Crippen molar-refractivity contribution in [2.45, 2.75) is 23.1 Å². The number of nitrogens with zero attached hydrogens (tertiary/aromatic N) is 1. The molecule has 1 aromatic rings. The predicted octanol–water partition coefficient (Wildman–Crippen LogP) is 1.44. The second kappa shape index (κ2) is 6.57. The molecule has 1 aromatic carbocycles. The van der Waals surface area contributed by atoms with Crippen molar-refractivity contribution in [3.8, 4) is 0 Å². The zero-order valence-corrected chi connectivity index (χ0v) is 13.8. The van der Waals surface area contributed by atoms with Gasteiger partial charge >= 0.3 is 5.97 Å². The predicted molar refractivity (Wildman–Crippen MR) is 82.1 cm³/mol. The minimum Gasteiger partial charge on any atom is -0.465 e. The Kier molecular flexibility index (Phi) is 5.00. The van der Waals surface area contributed by atoms with Gasteiger partial charge in [0.25, 0.3) is 10.0 Å². The molecule has 1 aliphatic heterocycles. The summed E-state index contributed by atoms with van der Waals surface area (Å²) in [5, 5.41) is 0. The second-order valence-electron chi connectivity index (χ2n) is 4.47. The Morgan fingerprint density at radius 1 is 1.43 bits per heavy atom. The number of hydrogen-bond acceptors (Lipinski definition) is 5. The maximum absolute atomic E-state index is 11.9. The van der Waals surface area contributed by atoms with Crippen molar-refractivity contribution < 1.29 is 17.9 Å². The molecule has 1 atom stereocenters. The number of amidine groups is 1. The van der Waals surface area contributed by atoms with E-state index in [1.54, 1.807) is 31.2 Å². The molecule has 6 nitrogen and oxygen atoms in total. The molecule has 21 heavy (non-hydrogen) atoms. The van der Waals surface area contributed by atoms with Crippen LogP contribution in [0, 0.1) is 0 Å². The minimum atomic E-state index is -3.49. The van der Waals surface area contributed by atoms with Crippen LogP contribution in [0.15, 0.2) is 34.2 Å². The van der Waals surface area contributed by atoms with Crippen LogP contribution >= 0.6 is 15.9 Å². The summed E-state index contributed by atoms with van der Waals surface area (Å²) in [7, 11) is -3.49. The molecular formula is C13H15BrN2O4S. The highest BCUT2D eigenvalue weighted by Crippen LogP contribution is 2.22. The number of hydrogen-bond donors (Lipinski definition) is 1. The zero-order valence-electron chi connectivity index (χ0n) is 11.4. The standard InChI is InChI=1S/C13H15BrN2O4S/c1-9(14)13(17)20-8-4-7-15-12-10-5-2-3-6-11(10)21(18,19)16-12/h2-3,5-6,9H,4,7-8H2,1H3,(H,15,16). The molecule has 1 aliphatic rings. The summed E-state index contributed by atoms with van der Waals surface area (Å²) in [6.45, 7) is 2.31. The highest BCUT2D eigenvalue weighted by molar-refractivity contribution is 9.10. The third-order valence-corrected chi connectivity index (χ3v) is 4.58. The largest absolute Gasteiger partial charge is 0.465 e. The monoisotopic (exact) mass is 374 g/mol. The normalized spacial score (nSPS) is 18.9. The molecule has 2 rings (SSSR count). The van der Waals surface area contributed by atoms with Crippen LogP contribution < -0.4 is 4.72 Å². The van der Waals surface area contributed by atoms with E-state index < -0.39 is 10.0 Å². The molecule has 0 saturated carbocycles. The van der Waals surface area contributed by atoms with E-state index in [0.717, 1.165) is 0 Å². The molecule has 0 radical (unpaired) electrons. The molecule has 1 heterocycles. The van der Waals surface area contributed by atoms with E-state index in [2.05, 4.69) is 25.6 Å². The molecule has 0 spiro atoms. The zero-order chi connectivity index (χ0) is 15.5. The molecule has 1 unspecified atom stereocenters. The van der Waals surface area contributed by atoms with Gasteiger partial charge in [-0.2, -0.15) is 0 Å². The Bertz CT molecular complexity index is 671. The first-order valence-corrected chi connectivity index (χ1v) is 8.79. The molecule has 0 amide bonds. The van der Waals surface area contributed by atoms with E-state index in [9.17, 15) is 13.2 Å². The minimum absolute atomic E-state index is 0.239. The fourth-order valence-electron chi connectivity index (χ4n) is 1.79. The van der Waals surface area contributed by atoms with E-state index in [1.807, 2.05) is 0 Å². The molecule has 0 saturated heterocycles. The average Bonchev–Trinajstić information content (AvgIpc) is 2.70. The van der Waals surface area contributed by atoms with Crippen LogP contribution in [0.2, 0.25) is 0 Å². The van der Waals surface area contributed by atoms with Crippen molar-refractivity contribution >= 4 is 37.8 Å². The van der Waals surface area contributed by atoms with E-state index in [1.165, 1.54) is 0 Å². The Morgan fingerprint density at radius 2 is 2.14 bits per heavy atom. The first kappa shape index (κ1) is 16.0. The van der Waals surface area contributed by atoms with E-state index >= 15 is 0 Å². The van der Waals surface area contributed by atoms with Crippen LogP contribution in [0.25, 0.3) is 0 Å². The summed E-state index contributed by atoms with van der Waals surface area (Å²) in [5.74, 6) is 0.0142. The van der Waals surface area contributed by atoms with Gasteiger partial charge in [0.05, 0.1) is 11.5 Å². The van der Waals surface area contributed by atoms with Gasteiger partial charge in [-0.25, -0.2) is 8.42 Å². The number of sulfonamides is 1. The number of fused-ring (bicyclic) bond motifs is 1. The van der Waals surface area contributed by atoms with Crippen molar-refractivity contribution in [2.75, 3.05) is 13.2 Å². The molecular weight excluding hydrogens is 360 g/mol. The van der Waals surface area contributed by atoms with E-state index in [-0.39, 0.29) is 22.3 Å². The van der Waals surface area contributed by atoms with Gasteiger partial charge in [-0.3, -0.25) is 14.5 Å². The summed E-state index contributed by atoms with van der Waals surface area (Å²) in [5.41, 5.74) is 0.573. The third kappa shape index (κ3) is 3.82. The molecule has 114 valence electrons. The van der Waals surface area contributed by atoms with Gasteiger partial charge in [0, 0.05) is 18.5 Å². The lowest BCUT2D eigenvalue weighted by molar-refractivity contribution is -0.142. The lowest BCUT2D eigenvalue weighted by Gasteiger charge is -2.05. The number of rotatable bonds is 5. The number of carbonyl (C=O) groups is 1. The summed E-state index contributed by atoms with van der Waals surface area (Å²) in [4.78, 5) is 15.3. The van der Waals surface area contributed by atoms with Gasteiger partial charge in [0.2, 0.25) is 0 Å². The smallest absolute Gasteiger partial charge is 0.319 e. The molecule has 0 aliphatic carbocycles. The van der Waals surface area contributed by atoms with Crippen LogP contribution in [0.1, 0.15) is 18.9 Å². The highest BCUT2D eigenvalue weighted by Gasteiger charge is 2.29. The van der Waals surface area contributed by atoms with Crippen molar-refractivity contribution in [3.05, 3.63) is 29.8 Å². The topological polar surface area (TPSA) is 84.8 Å². The van der Waals surface area contributed by atoms with Gasteiger partial charge in [-0.15, -0.1) is 0 Å². The lowest BCUT2D eigenvalue weighted by atomic mass is 10.2. The van der Waals surface area contributed by atoms with Crippen LogP contribution in [0.4, 0.5) is 0 Å². The number of ether oxygens (including phenoxy) is 1. The van der Waals surface area contributed by atoms with Crippen LogP contribution in [0.5, 0.6) is 0 Å². The maximum Gasteiger partial charge on any atom is 0.319 e. The van der Waals surface area contributed by atoms with Gasteiger partial charge in [0.15, 0.2) is 0 Å². The van der Waals surface area contributed by atoms with Crippen LogP contribution in [-0.4, -0.2) is 38.2 Å². The first-order valence-electron chi connectivity index (χ1n) is 6.39. The van der Waals surface area contributed by atoms with Crippen LogP contribution in [0.3, 0.4) is 0 Å². The summed E-state index contributed by atoms with van der Waals surface area (Å²) in [6.07, 6.45) is 0.527. The number of alkyl halides is 1. The second-order valence-corrected chi connectivity index (χ2v) is 7.49. The Morgan fingerprint density at radius 3 is 2.86 bits per heavy atom. The quantitative estimate of drug-likeness (QED) is 0.480. The number of nitrogens with one attached hydrogen (secondary N) is 1. The lowest BCUT2D eigenvalue weighted by Crippen LogP contribution is -2.22. The van der Waals surface area contributed by atoms with Crippen LogP contribution in [-0.2, 0) is 19.6 Å². The van der Waals surface area contributed by atoms with Crippen molar-refractivity contribution in [3.63, 3.8) is 0 Å². The third-order valence-electron chi connectivity index (χ3n) is 2.80. The van der Waals surface area contributed by atoms with Crippen molar-refractivity contribution in [2.24, 2.45) is 4.99 Å². The van der Waals surface area contributed by atoms with E-state index in [0.29, 0.717) is 24.4 Å². The molecule has 0 fully saturated rings. The Labute approximate surface area is 131 Å². The molecule has 1 N–H and O–H groups in total. The first-order chi connectivity index (χ1) is 9.92. The Hall–Kier alpha value is -1.41. The average molecular weight is 375 g/mol. The fraction of sp³-hybridized carbons (Fsp3) is 0.385. The van der Waals surface area contributed by atoms with Gasteiger partial charge in [-0.05, 0) is 19.1 Å². The molecule has 8 heteroatoms. The van der Waals surface area contributed by atoms with Gasteiger partial charge in [-0.1, -0.05) is 28.1 Å². The summed E-state index contributed by atoms with van der Waals surface area (Å²) >= 11 is 3.11. The van der Waals surface area contributed by atoms with Crippen molar-refractivity contribution in [1.29, 1.82) is 0 Å². The van der Waals surface area contributed by atoms with E-state index in [4.69, 9.17) is 4.74 Å². The fourth-order valence-corrected chi connectivity index (χ4v) is 3.18. The number of carbonyl (C=O) groups excluding carboxylic acids is 1.